The molecule has 0 fully saturated rings. The van der Waals surface area contributed by atoms with Crippen molar-refractivity contribution in [1.29, 1.82) is 0 Å². The molecule has 1 atom stereocenters. The monoisotopic (exact) mass is 293 g/mol. The average molecular weight is 293 g/mol. The minimum absolute atomic E-state index is 0.0384. The van der Waals surface area contributed by atoms with E-state index in [9.17, 15) is 9.50 Å². The highest BCUT2D eigenvalue weighted by molar-refractivity contribution is 7.09. The zero-order chi connectivity index (χ0) is 14.8. The summed E-state index contributed by atoms with van der Waals surface area (Å²) in [6.07, 6.45) is 0.572. The van der Waals surface area contributed by atoms with Gasteiger partial charge in [0.05, 0.1) is 16.8 Å². The van der Waals surface area contributed by atoms with Crippen LogP contribution in [0.4, 0.5) is 4.39 Å². The van der Waals surface area contributed by atoms with Gasteiger partial charge in [-0.05, 0) is 24.1 Å². The van der Waals surface area contributed by atoms with Crippen molar-refractivity contribution in [2.45, 2.75) is 45.1 Å². The van der Waals surface area contributed by atoms with Gasteiger partial charge in [0.1, 0.15) is 5.82 Å². The fourth-order valence-electron chi connectivity index (χ4n) is 1.92. The second-order valence-corrected chi connectivity index (χ2v) is 7.01. The van der Waals surface area contributed by atoms with Crippen molar-refractivity contribution in [3.63, 3.8) is 0 Å². The molecule has 1 aromatic carbocycles. The third kappa shape index (κ3) is 4.12. The number of aromatic nitrogens is 1. The predicted octanol–water partition coefficient (Wildman–Crippen LogP) is 3.73. The Bertz CT molecular complexity index is 557. The maximum absolute atomic E-state index is 12.8. The van der Waals surface area contributed by atoms with Gasteiger partial charge < -0.3 is 5.11 Å². The number of thiazole rings is 1. The van der Waals surface area contributed by atoms with Gasteiger partial charge in [0.25, 0.3) is 0 Å². The second-order valence-electron chi connectivity index (χ2n) is 6.07. The fourth-order valence-corrected chi connectivity index (χ4v) is 3.01. The summed E-state index contributed by atoms with van der Waals surface area (Å²) in [5.41, 5.74) is 2.04. The molecule has 1 heterocycles. The highest BCUT2D eigenvalue weighted by atomic mass is 32.1. The molecule has 2 aromatic rings. The molecule has 2 rings (SSSR count). The van der Waals surface area contributed by atoms with Gasteiger partial charge in [-0.1, -0.05) is 32.9 Å². The summed E-state index contributed by atoms with van der Waals surface area (Å²) in [6.45, 7) is 6.38. The van der Waals surface area contributed by atoms with Crippen molar-refractivity contribution in [2.75, 3.05) is 0 Å². The molecule has 0 aliphatic heterocycles. The van der Waals surface area contributed by atoms with E-state index < -0.39 is 6.10 Å². The zero-order valence-electron chi connectivity index (χ0n) is 12.1. The van der Waals surface area contributed by atoms with E-state index in [-0.39, 0.29) is 11.2 Å². The van der Waals surface area contributed by atoms with Gasteiger partial charge >= 0.3 is 0 Å². The van der Waals surface area contributed by atoms with Gasteiger partial charge in [0.2, 0.25) is 0 Å². The van der Waals surface area contributed by atoms with Crippen LogP contribution in [0.5, 0.6) is 0 Å². The first-order chi connectivity index (χ1) is 9.34. The normalized spacial score (nSPS) is 13.4. The third-order valence-corrected chi connectivity index (χ3v) is 3.99. The molecule has 0 radical (unpaired) electrons. The Morgan fingerprint density at radius 3 is 2.40 bits per heavy atom. The van der Waals surface area contributed by atoms with Crippen LogP contribution >= 0.6 is 11.3 Å². The Kier molecular flexibility index (Phi) is 4.55. The summed E-state index contributed by atoms with van der Waals surface area (Å²) in [6, 6.07) is 6.26. The van der Waals surface area contributed by atoms with E-state index in [1.54, 1.807) is 23.5 Å². The largest absolute Gasteiger partial charge is 0.392 e. The van der Waals surface area contributed by atoms with Crippen molar-refractivity contribution in [3.05, 3.63) is 51.7 Å². The van der Waals surface area contributed by atoms with Crippen LogP contribution in [0, 0.1) is 5.82 Å². The lowest BCUT2D eigenvalue weighted by molar-refractivity contribution is 0.175. The topological polar surface area (TPSA) is 33.1 Å². The summed E-state index contributed by atoms with van der Waals surface area (Å²) in [5.74, 6) is -0.252. The van der Waals surface area contributed by atoms with Crippen LogP contribution in [0.1, 0.15) is 37.0 Å². The molecule has 2 nitrogen and oxygen atoms in total. The maximum atomic E-state index is 12.8. The maximum Gasteiger partial charge on any atom is 0.123 e. The first-order valence-electron chi connectivity index (χ1n) is 6.72. The fraction of sp³-hybridized carbons (Fsp3) is 0.438. The lowest BCUT2D eigenvalue weighted by Crippen LogP contribution is -2.15. The molecular formula is C16H20FNOS. The van der Waals surface area contributed by atoms with E-state index in [0.29, 0.717) is 12.8 Å². The van der Waals surface area contributed by atoms with Crippen LogP contribution in [0.3, 0.4) is 0 Å². The van der Waals surface area contributed by atoms with Gasteiger partial charge in [-0.25, -0.2) is 9.37 Å². The number of aliphatic hydroxyl groups is 1. The third-order valence-electron chi connectivity index (χ3n) is 3.11. The van der Waals surface area contributed by atoms with Crippen molar-refractivity contribution in [3.8, 4) is 0 Å². The van der Waals surface area contributed by atoms with E-state index in [2.05, 4.69) is 31.1 Å². The minimum atomic E-state index is -0.487. The lowest BCUT2D eigenvalue weighted by Gasteiger charge is -2.14. The molecule has 108 valence electrons. The highest BCUT2D eigenvalue weighted by Crippen LogP contribution is 2.24. The molecule has 0 saturated heterocycles. The van der Waals surface area contributed by atoms with E-state index in [1.165, 1.54) is 12.1 Å². The Hall–Kier alpha value is -1.26. The zero-order valence-corrected chi connectivity index (χ0v) is 12.9. The van der Waals surface area contributed by atoms with E-state index in [0.717, 1.165) is 16.3 Å². The molecule has 0 bridgehead atoms. The summed E-state index contributed by atoms with van der Waals surface area (Å²) >= 11 is 1.59. The van der Waals surface area contributed by atoms with Crippen LogP contribution in [0.15, 0.2) is 29.6 Å². The molecule has 1 aromatic heterocycles. The quantitative estimate of drug-likeness (QED) is 0.932. The van der Waals surface area contributed by atoms with E-state index >= 15 is 0 Å². The molecule has 0 aliphatic carbocycles. The van der Waals surface area contributed by atoms with Gasteiger partial charge in [0.15, 0.2) is 0 Å². The molecular weight excluding hydrogens is 273 g/mol. The van der Waals surface area contributed by atoms with Gasteiger partial charge in [-0.2, -0.15) is 0 Å². The van der Waals surface area contributed by atoms with Gasteiger partial charge in [0, 0.05) is 17.2 Å². The van der Waals surface area contributed by atoms with Crippen molar-refractivity contribution < 1.29 is 9.50 Å². The smallest absolute Gasteiger partial charge is 0.123 e. The van der Waals surface area contributed by atoms with Crippen LogP contribution in [0.25, 0.3) is 0 Å². The van der Waals surface area contributed by atoms with Crippen LogP contribution < -0.4 is 0 Å². The minimum Gasteiger partial charge on any atom is -0.392 e. The first kappa shape index (κ1) is 15.1. The molecule has 4 heteroatoms. The van der Waals surface area contributed by atoms with Crippen LogP contribution in [-0.2, 0) is 18.3 Å². The number of benzene rings is 1. The molecule has 0 spiro atoms. The average Bonchev–Trinajstić information content (AvgIpc) is 2.80. The van der Waals surface area contributed by atoms with E-state index in [1.807, 2.05) is 0 Å². The molecule has 1 unspecified atom stereocenters. The number of hydrogen-bond donors (Lipinski definition) is 1. The number of aliphatic hydroxyl groups excluding tert-OH is 1. The van der Waals surface area contributed by atoms with Gasteiger partial charge in [-0.15, -0.1) is 11.3 Å². The van der Waals surface area contributed by atoms with Gasteiger partial charge in [-0.3, -0.25) is 0 Å². The second kappa shape index (κ2) is 6.02. The lowest BCUT2D eigenvalue weighted by atomic mass is 9.93. The molecule has 20 heavy (non-hydrogen) atoms. The summed E-state index contributed by atoms with van der Waals surface area (Å²) in [4.78, 5) is 4.58. The molecule has 0 saturated carbocycles. The van der Waals surface area contributed by atoms with Crippen LogP contribution in [-0.4, -0.2) is 16.2 Å². The van der Waals surface area contributed by atoms with Crippen molar-refractivity contribution in [2.24, 2.45) is 0 Å². The number of halogens is 1. The van der Waals surface area contributed by atoms with E-state index in [4.69, 9.17) is 0 Å². The SMILES string of the molecule is CC(C)(C)c1csc(CC(O)Cc2ccc(F)cc2)n1. The Morgan fingerprint density at radius 2 is 1.85 bits per heavy atom. The standard InChI is InChI=1S/C16H20FNOS/c1-16(2,3)14-10-20-15(18-14)9-13(19)8-11-4-6-12(17)7-5-11/h4-7,10,13,19H,8-9H2,1-3H3. The Morgan fingerprint density at radius 1 is 1.20 bits per heavy atom. The van der Waals surface area contributed by atoms with Crippen molar-refractivity contribution in [1.82, 2.24) is 4.98 Å². The molecule has 0 amide bonds. The molecule has 0 aliphatic rings. The molecule has 1 N–H and O–H groups in total. The predicted molar refractivity (Wildman–Crippen MR) is 80.6 cm³/mol. The number of rotatable bonds is 4. The van der Waals surface area contributed by atoms with Crippen LogP contribution in [0.2, 0.25) is 0 Å². The number of hydrogen-bond acceptors (Lipinski definition) is 3. The van der Waals surface area contributed by atoms with Crippen molar-refractivity contribution >= 4 is 11.3 Å². The highest BCUT2D eigenvalue weighted by Gasteiger charge is 2.18. The Labute approximate surface area is 123 Å². The summed E-state index contributed by atoms with van der Waals surface area (Å²) in [7, 11) is 0. The summed E-state index contributed by atoms with van der Waals surface area (Å²) in [5, 5.41) is 13.1. The first-order valence-corrected chi connectivity index (χ1v) is 7.60. The number of nitrogens with zero attached hydrogens (tertiary/aromatic N) is 1. The summed E-state index contributed by atoms with van der Waals surface area (Å²) < 4.78 is 12.8. The Balaban J connectivity index is 1.96.